The lowest BCUT2D eigenvalue weighted by molar-refractivity contribution is 0.601. The average molecular weight is 286 g/mol. The minimum absolute atomic E-state index is 0.229. The van der Waals surface area contributed by atoms with E-state index < -0.39 is 10.0 Å². The predicted octanol–water partition coefficient (Wildman–Crippen LogP) is 1.80. The minimum Gasteiger partial charge on any atom is -0.320 e. The van der Waals surface area contributed by atoms with Crippen LogP contribution in [0.1, 0.15) is 5.56 Å². The van der Waals surface area contributed by atoms with Crippen molar-refractivity contribution in [2.24, 2.45) is 5.73 Å². The molecule has 0 saturated carbocycles. The molecule has 2 aromatic rings. The van der Waals surface area contributed by atoms with Crippen LogP contribution in [0.15, 0.2) is 59.5 Å². The number of benzene rings is 2. The number of hydrogen-bond acceptors (Lipinski definition) is 3. The van der Waals surface area contributed by atoms with Crippen molar-refractivity contribution in [3.8, 4) is 11.8 Å². The van der Waals surface area contributed by atoms with Gasteiger partial charge in [0.1, 0.15) is 0 Å². The normalized spacial score (nSPS) is 10.4. The maximum Gasteiger partial charge on any atom is 0.261 e. The highest BCUT2D eigenvalue weighted by molar-refractivity contribution is 7.92. The van der Waals surface area contributed by atoms with E-state index in [9.17, 15) is 8.42 Å². The van der Waals surface area contributed by atoms with Crippen LogP contribution >= 0.6 is 0 Å². The minimum atomic E-state index is -3.55. The second-order valence-corrected chi connectivity index (χ2v) is 5.68. The van der Waals surface area contributed by atoms with Gasteiger partial charge in [-0.2, -0.15) is 0 Å². The molecule has 102 valence electrons. The van der Waals surface area contributed by atoms with Gasteiger partial charge in [0.15, 0.2) is 0 Å². The Morgan fingerprint density at radius 2 is 1.65 bits per heavy atom. The van der Waals surface area contributed by atoms with Gasteiger partial charge < -0.3 is 5.73 Å². The third kappa shape index (κ3) is 3.60. The molecule has 0 atom stereocenters. The summed E-state index contributed by atoms with van der Waals surface area (Å²) in [4.78, 5) is 0.229. The Balaban J connectivity index is 2.18. The van der Waals surface area contributed by atoms with E-state index in [0.29, 0.717) is 12.2 Å². The molecule has 5 heteroatoms. The first-order valence-corrected chi connectivity index (χ1v) is 7.47. The van der Waals surface area contributed by atoms with E-state index in [1.807, 2.05) is 0 Å². The Morgan fingerprint density at radius 3 is 2.25 bits per heavy atom. The molecule has 0 unspecified atom stereocenters. The van der Waals surface area contributed by atoms with Crippen molar-refractivity contribution in [3.63, 3.8) is 0 Å². The van der Waals surface area contributed by atoms with Crippen LogP contribution in [0.3, 0.4) is 0 Å². The number of anilines is 1. The molecule has 0 radical (unpaired) electrons. The van der Waals surface area contributed by atoms with Crippen molar-refractivity contribution in [1.29, 1.82) is 0 Å². The van der Waals surface area contributed by atoms with E-state index in [4.69, 9.17) is 5.73 Å². The van der Waals surface area contributed by atoms with E-state index >= 15 is 0 Å². The Kier molecular flexibility index (Phi) is 4.41. The summed E-state index contributed by atoms with van der Waals surface area (Å²) in [5.41, 5.74) is 6.57. The van der Waals surface area contributed by atoms with Crippen LogP contribution in [0.25, 0.3) is 0 Å². The Morgan fingerprint density at radius 1 is 1.00 bits per heavy atom. The SMILES string of the molecule is NCC#Cc1ccc(NS(=O)(=O)c2ccccc2)cc1. The van der Waals surface area contributed by atoms with E-state index in [1.54, 1.807) is 54.6 Å². The van der Waals surface area contributed by atoms with Crippen LogP contribution in [0.4, 0.5) is 5.69 Å². The van der Waals surface area contributed by atoms with Crippen LogP contribution in [0, 0.1) is 11.8 Å². The molecule has 0 saturated heterocycles. The molecule has 0 bridgehead atoms. The molecular weight excluding hydrogens is 272 g/mol. The zero-order valence-corrected chi connectivity index (χ0v) is 11.5. The van der Waals surface area contributed by atoms with Crippen molar-refractivity contribution in [3.05, 3.63) is 60.2 Å². The van der Waals surface area contributed by atoms with Gasteiger partial charge in [0.2, 0.25) is 0 Å². The fraction of sp³-hybridized carbons (Fsp3) is 0.0667. The highest BCUT2D eigenvalue weighted by Crippen LogP contribution is 2.16. The van der Waals surface area contributed by atoms with E-state index in [-0.39, 0.29) is 4.90 Å². The summed E-state index contributed by atoms with van der Waals surface area (Å²) in [6, 6.07) is 15.0. The van der Waals surface area contributed by atoms with Crippen LogP contribution in [0.2, 0.25) is 0 Å². The summed E-state index contributed by atoms with van der Waals surface area (Å²) in [5, 5.41) is 0. The van der Waals surface area contributed by atoms with E-state index in [1.165, 1.54) is 0 Å². The summed E-state index contributed by atoms with van der Waals surface area (Å²) < 4.78 is 26.7. The maximum atomic E-state index is 12.1. The first kappa shape index (κ1) is 14.1. The van der Waals surface area contributed by atoms with Crippen LogP contribution in [-0.2, 0) is 10.0 Å². The molecule has 0 spiro atoms. The number of rotatable bonds is 3. The summed E-state index contributed by atoms with van der Waals surface area (Å²) in [5.74, 6) is 5.61. The van der Waals surface area contributed by atoms with Crippen LogP contribution in [0.5, 0.6) is 0 Å². The number of hydrogen-bond donors (Lipinski definition) is 2. The predicted molar refractivity (Wildman–Crippen MR) is 79.6 cm³/mol. The molecule has 0 heterocycles. The van der Waals surface area contributed by atoms with Crippen molar-refractivity contribution in [2.45, 2.75) is 4.90 Å². The van der Waals surface area contributed by atoms with Gasteiger partial charge in [0.05, 0.1) is 11.4 Å². The molecule has 4 nitrogen and oxygen atoms in total. The van der Waals surface area contributed by atoms with E-state index in [2.05, 4.69) is 16.6 Å². The smallest absolute Gasteiger partial charge is 0.261 e. The standard InChI is InChI=1S/C15H14N2O2S/c16-12-4-5-13-8-10-14(11-9-13)17-20(18,19)15-6-2-1-3-7-15/h1-3,6-11,17H,12,16H2. The lowest BCUT2D eigenvalue weighted by Crippen LogP contribution is -2.12. The molecule has 2 aromatic carbocycles. The summed E-state index contributed by atoms with van der Waals surface area (Å²) in [6.07, 6.45) is 0. The van der Waals surface area contributed by atoms with Gasteiger partial charge in [-0.25, -0.2) is 8.42 Å². The monoisotopic (exact) mass is 286 g/mol. The van der Waals surface area contributed by atoms with Crippen molar-refractivity contribution in [2.75, 3.05) is 11.3 Å². The lowest BCUT2D eigenvalue weighted by Gasteiger charge is -2.07. The van der Waals surface area contributed by atoms with Crippen LogP contribution in [-0.4, -0.2) is 15.0 Å². The summed E-state index contributed by atoms with van der Waals surface area (Å²) >= 11 is 0. The van der Waals surface area contributed by atoms with Crippen molar-refractivity contribution < 1.29 is 8.42 Å². The summed E-state index contributed by atoms with van der Waals surface area (Å²) in [6.45, 7) is 0.294. The second kappa shape index (κ2) is 6.24. The Labute approximate surface area is 118 Å². The molecule has 0 amide bonds. The second-order valence-electron chi connectivity index (χ2n) is 4.00. The highest BCUT2D eigenvalue weighted by atomic mass is 32.2. The quantitative estimate of drug-likeness (QED) is 0.845. The van der Waals surface area contributed by atoms with Crippen molar-refractivity contribution in [1.82, 2.24) is 0 Å². The molecule has 0 aliphatic carbocycles. The van der Waals surface area contributed by atoms with Crippen LogP contribution < -0.4 is 10.5 Å². The molecule has 0 aromatic heterocycles. The Bertz CT molecular complexity index is 727. The lowest BCUT2D eigenvalue weighted by atomic mass is 10.2. The molecule has 0 fully saturated rings. The fourth-order valence-corrected chi connectivity index (χ4v) is 2.67. The number of nitrogens with two attached hydrogens (primary N) is 1. The molecule has 0 aliphatic heterocycles. The zero-order valence-electron chi connectivity index (χ0n) is 10.7. The third-order valence-corrected chi connectivity index (χ3v) is 3.92. The number of nitrogens with one attached hydrogen (secondary N) is 1. The first-order valence-electron chi connectivity index (χ1n) is 5.99. The van der Waals surface area contributed by atoms with Gasteiger partial charge in [-0.3, -0.25) is 4.72 Å². The van der Waals surface area contributed by atoms with E-state index in [0.717, 1.165) is 5.56 Å². The maximum absolute atomic E-state index is 12.1. The third-order valence-electron chi connectivity index (χ3n) is 2.53. The highest BCUT2D eigenvalue weighted by Gasteiger charge is 2.12. The number of sulfonamides is 1. The fourth-order valence-electron chi connectivity index (χ4n) is 1.59. The molecular formula is C15H14N2O2S. The first-order chi connectivity index (χ1) is 9.62. The van der Waals surface area contributed by atoms with Gasteiger partial charge in [-0.1, -0.05) is 30.0 Å². The Hall–Kier alpha value is -2.29. The van der Waals surface area contributed by atoms with Gasteiger partial charge in [-0.15, -0.1) is 0 Å². The topological polar surface area (TPSA) is 72.2 Å². The van der Waals surface area contributed by atoms with Gasteiger partial charge >= 0.3 is 0 Å². The molecule has 0 aliphatic rings. The van der Waals surface area contributed by atoms with Gasteiger partial charge in [0.25, 0.3) is 10.0 Å². The average Bonchev–Trinajstić information content (AvgIpc) is 2.47. The van der Waals surface area contributed by atoms with Gasteiger partial charge in [-0.05, 0) is 36.4 Å². The van der Waals surface area contributed by atoms with Crippen molar-refractivity contribution >= 4 is 15.7 Å². The zero-order chi connectivity index (χ0) is 14.4. The largest absolute Gasteiger partial charge is 0.320 e. The molecule has 2 rings (SSSR count). The summed E-state index contributed by atoms with van der Waals surface area (Å²) in [7, 11) is -3.55. The molecule has 20 heavy (non-hydrogen) atoms. The molecule has 3 N–H and O–H groups in total. The van der Waals surface area contributed by atoms with Gasteiger partial charge in [0, 0.05) is 11.3 Å².